The van der Waals surface area contributed by atoms with Crippen LogP contribution < -0.4 is 0 Å². The molecule has 0 spiro atoms. The number of rotatable bonds is 2. The average molecular weight is 280 g/mol. The molecule has 21 heavy (non-hydrogen) atoms. The first kappa shape index (κ1) is 13.6. The lowest BCUT2D eigenvalue weighted by Gasteiger charge is -2.09. The predicted octanol–water partition coefficient (Wildman–Crippen LogP) is 3.28. The molecule has 0 saturated carbocycles. The van der Waals surface area contributed by atoms with Crippen LogP contribution in [0.3, 0.4) is 0 Å². The van der Waals surface area contributed by atoms with E-state index in [1.54, 1.807) is 12.1 Å². The standard InChI is InChI=1S/C18H16O3/c1-2-11-4-3-5-16-14(11)8-6-12-10-13(18(20)21)7-9-15(12)17(16)19/h3-5,7,9-10H,2,6,8H2,1H3,(H,20,21). The quantitative estimate of drug-likeness (QED) is 0.918. The van der Waals surface area contributed by atoms with Gasteiger partial charge >= 0.3 is 5.97 Å². The Labute approximate surface area is 123 Å². The third kappa shape index (κ3) is 2.25. The van der Waals surface area contributed by atoms with Crippen molar-refractivity contribution in [2.24, 2.45) is 0 Å². The number of carboxylic acids is 1. The van der Waals surface area contributed by atoms with Gasteiger partial charge in [0.25, 0.3) is 0 Å². The molecule has 0 fully saturated rings. The predicted molar refractivity (Wildman–Crippen MR) is 80.1 cm³/mol. The molecular weight excluding hydrogens is 264 g/mol. The van der Waals surface area contributed by atoms with Crippen LogP contribution >= 0.6 is 0 Å². The van der Waals surface area contributed by atoms with Gasteiger partial charge in [-0.3, -0.25) is 4.79 Å². The summed E-state index contributed by atoms with van der Waals surface area (Å²) in [4.78, 5) is 23.8. The monoisotopic (exact) mass is 280 g/mol. The molecule has 1 aliphatic rings. The van der Waals surface area contributed by atoms with E-state index in [0.717, 1.165) is 29.5 Å². The Kier molecular flexibility index (Phi) is 3.34. The van der Waals surface area contributed by atoms with Crippen molar-refractivity contribution in [2.75, 3.05) is 0 Å². The van der Waals surface area contributed by atoms with E-state index in [9.17, 15) is 9.59 Å². The maximum Gasteiger partial charge on any atom is 0.335 e. The molecule has 0 aliphatic heterocycles. The summed E-state index contributed by atoms with van der Waals surface area (Å²) in [6.07, 6.45) is 2.38. The van der Waals surface area contributed by atoms with E-state index in [1.165, 1.54) is 11.6 Å². The molecule has 0 unspecified atom stereocenters. The van der Waals surface area contributed by atoms with E-state index in [-0.39, 0.29) is 11.3 Å². The molecule has 106 valence electrons. The number of hydrogen-bond donors (Lipinski definition) is 1. The van der Waals surface area contributed by atoms with Crippen molar-refractivity contribution in [2.45, 2.75) is 26.2 Å². The van der Waals surface area contributed by atoms with Crippen LogP contribution in [0.2, 0.25) is 0 Å². The Morgan fingerprint density at radius 3 is 2.67 bits per heavy atom. The number of ketones is 1. The molecular formula is C18H16O3. The van der Waals surface area contributed by atoms with Gasteiger partial charge in [0.05, 0.1) is 5.56 Å². The molecule has 0 heterocycles. The molecule has 0 amide bonds. The van der Waals surface area contributed by atoms with Crippen LogP contribution in [0.5, 0.6) is 0 Å². The van der Waals surface area contributed by atoms with Gasteiger partial charge in [-0.05, 0) is 54.2 Å². The van der Waals surface area contributed by atoms with Crippen molar-refractivity contribution in [3.8, 4) is 0 Å². The second-order valence-electron chi connectivity index (χ2n) is 5.30. The second kappa shape index (κ2) is 5.17. The van der Waals surface area contributed by atoms with Crippen molar-refractivity contribution in [1.29, 1.82) is 0 Å². The maximum atomic E-state index is 12.7. The van der Waals surface area contributed by atoms with Gasteiger partial charge in [0.15, 0.2) is 5.78 Å². The van der Waals surface area contributed by atoms with Crippen molar-refractivity contribution in [3.63, 3.8) is 0 Å². The third-order valence-electron chi connectivity index (χ3n) is 4.14. The number of carbonyl (C=O) groups excluding carboxylic acids is 1. The molecule has 3 nitrogen and oxygen atoms in total. The number of hydrogen-bond acceptors (Lipinski definition) is 2. The number of aromatic carboxylic acids is 1. The Balaban J connectivity index is 2.15. The van der Waals surface area contributed by atoms with Gasteiger partial charge in [-0.15, -0.1) is 0 Å². The highest BCUT2D eigenvalue weighted by molar-refractivity contribution is 6.11. The van der Waals surface area contributed by atoms with E-state index >= 15 is 0 Å². The summed E-state index contributed by atoms with van der Waals surface area (Å²) < 4.78 is 0. The van der Waals surface area contributed by atoms with Crippen LogP contribution in [0.15, 0.2) is 36.4 Å². The molecule has 0 saturated heterocycles. The maximum absolute atomic E-state index is 12.7. The van der Waals surface area contributed by atoms with Crippen LogP contribution in [0.4, 0.5) is 0 Å². The fraction of sp³-hybridized carbons (Fsp3) is 0.222. The molecule has 2 aromatic rings. The van der Waals surface area contributed by atoms with Gasteiger partial charge < -0.3 is 5.11 Å². The molecule has 0 radical (unpaired) electrons. The highest BCUT2D eigenvalue weighted by Gasteiger charge is 2.23. The summed E-state index contributed by atoms with van der Waals surface area (Å²) >= 11 is 0. The van der Waals surface area contributed by atoms with Gasteiger partial charge in [-0.25, -0.2) is 4.79 Å². The summed E-state index contributed by atoms with van der Waals surface area (Å²) in [6, 6.07) is 10.6. The smallest absolute Gasteiger partial charge is 0.335 e. The Bertz CT molecular complexity index is 744. The van der Waals surface area contributed by atoms with Crippen LogP contribution in [0, 0.1) is 0 Å². The summed E-state index contributed by atoms with van der Waals surface area (Å²) in [5.41, 5.74) is 4.77. The lowest BCUT2D eigenvalue weighted by Crippen LogP contribution is -2.07. The molecule has 3 rings (SSSR count). The first-order valence-electron chi connectivity index (χ1n) is 7.13. The van der Waals surface area contributed by atoms with E-state index < -0.39 is 5.97 Å². The number of benzene rings is 2. The topological polar surface area (TPSA) is 54.4 Å². The zero-order valence-electron chi connectivity index (χ0n) is 11.8. The van der Waals surface area contributed by atoms with Crippen molar-refractivity contribution < 1.29 is 14.7 Å². The Morgan fingerprint density at radius 1 is 1.14 bits per heavy atom. The van der Waals surface area contributed by atoms with Crippen LogP contribution in [-0.4, -0.2) is 16.9 Å². The van der Waals surface area contributed by atoms with E-state index in [4.69, 9.17) is 5.11 Å². The largest absolute Gasteiger partial charge is 0.478 e. The van der Waals surface area contributed by atoms with Crippen molar-refractivity contribution >= 4 is 11.8 Å². The second-order valence-corrected chi connectivity index (χ2v) is 5.30. The van der Waals surface area contributed by atoms with Crippen LogP contribution in [0.25, 0.3) is 0 Å². The molecule has 0 bridgehead atoms. The lowest BCUT2D eigenvalue weighted by molar-refractivity contribution is 0.0696. The minimum absolute atomic E-state index is 0.00439. The number of carbonyl (C=O) groups is 2. The van der Waals surface area contributed by atoms with Gasteiger partial charge in [0, 0.05) is 11.1 Å². The lowest BCUT2D eigenvalue weighted by atomic mass is 9.94. The summed E-state index contributed by atoms with van der Waals surface area (Å²) in [6.45, 7) is 2.08. The third-order valence-corrected chi connectivity index (χ3v) is 4.14. The molecule has 0 atom stereocenters. The van der Waals surface area contributed by atoms with E-state index in [0.29, 0.717) is 12.0 Å². The van der Waals surface area contributed by atoms with Crippen LogP contribution in [0.1, 0.15) is 49.9 Å². The summed E-state index contributed by atoms with van der Waals surface area (Å²) in [5, 5.41) is 9.09. The zero-order chi connectivity index (χ0) is 15.0. The highest BCUT2D eigenvalue weighted by atomic mass is 16.4. The fourth-order valence-electron chi connectivity index (χ4n) is 3.03. The minimum Gasteiger partial charge on any atom is -0.478 e. The van der Waals surface area contributed by atoms with Crippen molar-refractivity contribution in [3.05, 3.63) is 69.8 Å². The Hall–Kier alpha value is -2.42. The van der Waals surface area contributed by atoms with Gasteiger partial charge in [0.2, 0.25) is 0 Å². The van der Waals surface area contributed by atoms with E-state index in [1.807, 2.05) is 12.1 Å². The summed E-state index contributed by atoms with van der Waals surface area (Å²) in [5.74, 6) is -0.953. The van der Waals surface area contributed by atoms with E-state index in [2.05, 4.69) is 13.0 Å². The molecule has 1 N–H and O–H groups in total. The summed E-state index contributed by atoms with van der Waals surface area (Å²) in [7, 11) is 0. The first-order chi connectivity index (χ1) is 10.1. The first-order valence-corrected chi connectivity index (χ1v) is 7.13. The normalized spacial score (nSPS) is 13.3. The molecule has 3 heteroatoms. The minimum atomic E-state index is -0.957. The average Bonchev–Trinajstić information content (AvgIpc) is 2.64. The fourth-order valence-corrected chi connectivity index (χ4v) is 3.03. The Morgan fingerprint density at radius 2 is 1.95 bits per heavy atom. The SMILES string of the molecule is CCc1cccc2c1CCc1cc(C(=O)O)ccc1C2=O. The molecule has 1 aliphatic carbocycles. The number of fused-ring (bicyclic) bond motifs is 2. The highest BCUT2D eigenvalue weighted by Crippen LogP contribution is 2.27. The van der Waals surface area contributed by atoms with Gasteiger partial charge in [-0.2, -0.15) is 0 Å². The zero-order valence-corrected chi connectivity index (χ0v) is 11.8. The van der Waals surface area contributed by atoms with Gasteiger partial charge in [0.1, 0.15) is 0 Å². The number of aryl methyl sites for hydroxylation is 2. The number of carboxylic acid groups (broad SMARTS) is 1. The molecule has 0 aromatic heterocycles. The molecule has 2 aromatic carbocycles. The van der Waals surface area contributed by atoms with Gasteiger partial charge in [-0.1, -0.05) is 25.1 Å². The van der Waals surface area contributed by atoms with Crippen molar-refractivity contribution in [1.82, 2.24) is 0 Å². The van der Waals surface area contributed by atoms with Crippen LogP contribution in [-0.2, 0) is 19.3 Å².